The predicted octanol–water partition coefficient (Wildman–Crippen LogP) is 17.5. The standard InChI is InChI=1S/C50H54O6.C27H30O3/c1-31-11-15-45(51-5)37(19-31)27-41-23-35(24-42(49(41)55-9)28-38-20-32(2)12-16-46(38)52-6)36-25-43(29-39-21-33(3)13-17-47(39)53-7)50(56-10)44(26-36)30-40-22-34(4)14-18-48(40)54-8;1-28-25-10-4-19(5-11-25)22-16-23(20-6-12-26(29-2)13-7-20)18-24(17-22)21-8-14-27(30-3)15-9-21/h11-26H,27-30H2,1-10H3;4-15,22-24H,16-18H2,1-3H3. The highest BCUT2D eigenvalue weighted by atomic mass is 16.5. The molecule has 0 atom stereocenters. The molecule has 0 amide bonds. The fourth-order valence-corrected chi connectivity index (χ4v) is 12.7. The lowest BCUT2D eigenvalue weighted by Crippen LogP contribution is -2.19. The molecule has 1 aliphatic rings. The lowest BCUT2D eigenvalue weighted by Gasteiger charge is -2.36. The van der Waals surface area contributed by atoms with Crippen molar-refractivity contribution in [2.75, 3.05) is 64.0 Å². The van der Waals surface area contributed by atoms with Gasteiger partial charge in [0.2, 0.25) is 0 Å². The van der Waals surface area contributed by atoms with Crippen molar-refractivity contribution in [3.8, 4) is 62.9 Å². The van der Waals surface area contributed by atoms with Crippen molar-refractivity contribution in [2.45, 2.75) is 90.4 Å². The Hall–Kier alpha value is -8.82. The first kappa shape index (κ1) is 61.7. The van der Waals surface area contributed by atoms with Crippen molar-refractivity contribution >= 4 is 0 Å². The Balaban J connectivity index is 0.000000247. The van der Waals surface area contributed by atoms with Gasteiger partial charge in [0.05, 0.1) is 64.0 Å². The molecule has 9 heteroatoms. The van der Waals surface area contributed by atoms with Gasteiger partial charge in [0.15, 0.2) is 0 Å². The number of benzene rings is 9. The predicted molar refractivity (Wildman–Crippen MR) is 348 cm³/mol. The summed E-state index contributed by atoms with van der Waals surface area (Å²) in [5.41, 5.74) is 19.7. The van der Waals surface area contributed by atoms with Crippen LogP contribution in [-0.4, -0.2) is 64.0 Å². The number of hydrogen-bond donors (Lipinski definition) is 0. The topological polar surface area (TPSA) is 83.1 Å². The van der Waals surface area contributed by atoms with E-state index in [-0.39, 0.29) is 0 Å². The summed E-state index contributed by atoms with van der Waals surface area (Å²) < 4.78 is 52.1. The Bertz CT molecular complexity index is 3260. The van der Waals surface area contributed by atoms with E-state index in [0.29, 0.717) is 43.4 Å². The second-order valence-corrected chi connectivity index (χ2v) is 22.7. The van der Waals surface area contributed by atoms with Gasteiger partial charge in [0, 0.05) is 25.7 Å². The van der Waals surface area contributed by atoms with Crippen molar-refractivity contribution in [3.63, 3.8) is 0 Å². The average molecular weight is 1150 g/mol. The third-order valence-corrected chi connectivity index (χ3v) is 17.0. The number of methoxy groups -OCH3 is 9. The lowest BCUT2D eigenvalue weighted by molar-refractivity contribution is 0.350. The van der Waals surface area contributed by atoms with E-state index >= 15 is 0 Å². The lowest BCUT2D eigenvalue weighted by atomic mass is 9.68. The summed E-state index contributed by atoms with van der Waals surface area (Å²) in [7, 11) is 15.6. The molecule has 1 fully saturated rings. The first-order chi connectivity index (χ1) is 41.8. The molecule has 0 radical (unpaired) electrons. The summed E-state index contributed by atoms with van der Waals surface area (Å²) >= 11 is 0. The van der Waals surface area contributed by atoms with E-state index in [1.165, 1.54) is 38.9 Å². The van der Waals surface area contributed by atoms with Crippen molar-refractivity contribution < 1.29 is 42.6 Å². The molecule has 446 valence electrons. The van der Waals surface area contributed by atoms with Crippen LogP contribution in [0.1, 0.15) is 120 Å². The van der Waals surface area contributed by atoms with E-state index in [1.807, 2.05) is 24.3 Å². The fourth-order valence-electron chi connectivity index (χ4n) is 12.7. The molecule has 0 N–H and O–H groups in total. The quantitative estimate of drug-likeness (QED) is 0.0699. The molecule has 1 saturated carbocycles. The van der Waals surface area contributed by atoms with E-state index in [9.17, 15) is 0 Å². The zero-order valence-electron chi connectivity index (χ0n) is 52.5. The van der Waals surface area contributed by atoms with E-state index in [1.54, 1.807) is 64.0 Å². The monoisotopic (exact) mass is 1150 g/mol. The summed E-state index contributed by atoms with van der Waals surface area (Å²) in [5.74, 6) is 9.37. The van der Waals surface area contributed by atoms with Crippen LogP contribution in [0.4, 0.5) is 0 Å². The third kappa shape index (κ3) is 14.8. The molecule has 86 heavy (non-hydrogen) atoms. The molecule has 1 aliphatic carbocycles. The molecule has 10 rings (SSSR count). The normalized spacial score (nSPS) is 14.5. The molecule has 0 saturated heterocycles. The Morgan fingerprint density at radius 3 is 0.686 bits per heavy atom. The molecule has 9 aromatic rings. The van der Waals surface area contributed by atoms with Gasteiger partial charge in [-0.25, -0.2) is 0 Å². The van der Waals surface area contributed by atoms with Gasteiger partial charge in [-0.3, -0.25) is 0 Å². The van der Waals surface area contributed by atoms with Crippen LogP contribution in [-0.2, 0) is 25.7 Å². The minimum Gasteiger partial charge on any atom is -0.497 e. The zero-order chi connectivity index (χ0) is 60.9. The van der Waals surface area contributed by atoms with Gasteiger partial charge in [0.1, 0.15) is 51.7 Å². The number of aryl methyl sites for hydroxylation is 4. The molecule has 0 unspecified atom stereocenters. The van der Waals surface area contributed by atoms with Crippen LogP contribution in [0.3, 0.4) is 0 Å². The minimum absolute atomic E-state index is 0.517. The van der Waals surface area contributed by atoms with E-state index in [2.05, 4.69) is 173 Å². The molecule has 0 spiro atoms. The summed E-state index contributed by atoms with van der Waals surface area (Å²) in [6.45, 7) is 8.44. The smallest absolute Gasteiger partial charge is 0.125 e. The first-order valence-electron chi connectivity index (χ1n) is 29.6. The Labute approximate surface area is 510 Å². The van der Waals surface area contributed by atoms with Gasteiger partial charge in [0.25, 0.3) is 0 Å². The maximum atomic E-state index is 6.31. The van der Waals surface area contributed by atoms with Gasteiger partial charge in [-0.05, 0) is 222 Å². The summed E-state index contributed by atoms with van der Waals surface area (Å²) in [4.78, 5) is 0. The van der Waals surface area contributed by atoms with Crippen LogP contribution in [0.25, 0.3) is 11.1 Å². The number of rotatable bonds is 21. The molecular weight excluding hydrogens is 1070 g/mol. The molecule has 0 heterocycles. The summed E-state index contributed by atoms with van der Waals surface area (Å²) in [6, 6.07) is 60.2. The van der Waals surface area contributed by atoms with E-state index in [4.69, 9.17) is 42.6 Å². The Kier molecular flexibility index (Phi) is 20.7. The van der Waals surface area contributed by atoms with E-state index < -0.39 is 0 Å². The molecule has 0 bridgehead atoms. The molecule has 0 aliphatic heterocycles. The van der Waals surface area contributed by atoms with Gasteiger partial charge in [-0.15, -0.1) is 0 Å². The van der Waals surface area contributed by atoms with Crippen LogP contribution in [0, 0.1) is 27.7 Å². The highest BCUT2D eigenvalue weighted by Crippen LogP contribution is 2.49. The van der Waals surface area contributed by atoms with Gasteiger partial charge < -0.3 is 42.6 Å². The van der Waals surface area contributed by atoms with Crippen LogP contribution in [0.15, 0.2) is 170 Å². The second kappa shape index (κ2) is 28.8. The van der Waals surface area contributed by atoms with Crippen molar-refractivity contribution in [2.24, 2.45) is 0 Å². The average Bonchev–Trinajstić information content (AvgIpc) is 1.62. The highest BCUT2D eigenvalue weighted by Gasteiger charge is 2.32. The minimum atomic E-state index is 0.517. The second-order valence-electron chi connectivity index (χ2n) is 22.7. The van der Waals surface area contributed by atoms with Crippen molar-refractivity contribution in [1.29, 1.82) is 0 Å². The molecule has 9 aromatic carbocycles. The van der Waals surface area contributed by atoms with Crippen molar-refractivity contribution in [1.82, 2.24) is 0 Å². The molecular formula is C77H84O9. The number of ether oxygens (including phenoxy) is 9. The summed E-state index contributed by atoms with van der Waals surface area (Å²) in [6.07, 6.45) is 5.96. The number of hydrogen-bond acceptors (Lipinski definition) is 9. The van der Waals surface area contributed by atoms with Crippen LogP contribution >= 0.6 is 0 Å². The maximum Gasteiger partial charge on any atom is 0.125 e. The Morgan fingerprint density at radius 1 is 0.256 bits per heavy atom. The largest absolute Gasteiger partial charge is 0.497 e. The van der Waals surface area contributed by atoms with Gasteiger partial charge in [-0.2, -0.15) is 0 Å². The van der Waals surface area contributed by atoms with Gasteiger partial charge >= 0.3 is 0 Å². The SMILES string of the molecule is COc1ccc(C)cc1Cc1cc(-c2cc(Cc3cc(C)ccc3OC)c(OC)c(Cc3cc(C)ccc3OC)c2)cc(Cc2cc(C)ccc2OC)c1OC.COc1ccc(C2CC(c3ccc(OC)cc3)CC(c3ccc(OC)cc3)C2)cc1. The zero-order valence-corrected chi connectivity index (χ0v) is 52.5. The van der Waals surface area contributed by atoms with Gasteiger partial charge in [-0.1, -0.05) is 107 Å². The third-order valence-electron chi connectivity index (χ3n) is 17.0. The summed E-state index contributed by atoms with van der Waals surface area (Å²) in [5, 5.41) is 0. The molecule has 0 aromatic heterocycles. The molecule has 9 nitrogen and oxygen atoms in total. The van der Waals surface area contributed by atoms with Crippen LogP contribution in [0.5, 0.6) is 51.7 Å². The highest BCUT2D eigenvalue weighted by molar-refractivity contribution is 5.72. The van der Waals surface area contributed by atoms with Crippen molar-refractivity contribution in [3.05, 3.63) is 253 Å². The van der Waals surface area contributed by atoms with Crippen LogP contribution < -0.4 is 42.6 Å². The Morgan fingerprint density at radius 2 is 0.488 bits per heavy atom. The fraction of sp³-hybridized carbons (Fsp3) is 0.299. The maximum absolute atomic E-state index is 6.31. The first-order valence-corrected chi connectivity index (χ1v) is 29.6. The van der Waals surface area contributed by atoms with E-state index in [0.717, 1.165) is 127 Å². The van der Waals surface area contributed by atoms with Crippen LogP contribution in [0.2, 0.25) is 0 Å².